The van der Waals surface area contributed by atoms with Gasteiger partial charge in [-0.15, -0.1) is 0 Å². The summed E-state index contributed by atoms with van der Waals surface area (Å²) < 4.78 is 13.0. The fraction of sp³-hybridized carbons (Fsp3) is 0.235. The number of halogens is 1. The smallest absolute Gasteiger partial charge is 0.252 e. The molecule has 0 aliphatic rings. The fourth-order valence-electron chi connectivity index (χ4n) is 2.14. The molecule has 0 aliphatic carbocycles. The average Bonchev–Trinajstić information content (AvgIpc) is 2.54. The van der Waals surface area contributed by atoms with Crippen LogP contribution >= 0.6 is 15.9 Å². The Bertz CT molecular complexity index is 703. The molecule has 0 radical (unpaired) electrons. The largest absolute Gasteiger partial charge is 0.345 e. The molecule has 0 fully saturated rings. The molecule has 0 aromatic heterocycles. The van der Waals surface area contributed by atoms with Crippen molar-refractivity contribution in [2.45, 2.75) is 24.8 Å². The third kappa shape index (κ3) is 4.05. The van der Waals surface area contributed by atoms with Crippen LogP contribution in [0.4, 0.5) is 0 Å². The van der Waals surface area contributed by atoms with Crippen molar-refractivity contribution in [3.05, 3.63) is 64.1 Å². The summed E-state index contributed by atoms with van der Waals surface area (Å²) in [5.41, 5.74) is 1.49. The molecule has 116 valence electrons. The number of hydrogen-bond acceptors (Lipinski definition) is 2. The minimum absolute atomic E-state index is 0.131. The van der Waals surface area contributed by atoms with Gasteiger partial charge in [0.05, 0.1) is 27.3 Å². The SMILES string of the molecule is CC[S@@](=O)c1ccccc1C(=O)N[C@@H](C)c1cccc(Br)c1. The highest BCUT2D eigenvalue weighted by molar-refractivity contribution is 9.10. The molecule has 3 nitrogen and oxygen atoms in total. The zero-order chi connectivity index (χ0) is 16.1. The lowest BCUT2D eigenvalue weighted by molar-refractivity contribution is 0.0936. The highest BCUT2D eigenvalue weighted by atomic mass is 79.9. The van der Waals surface area contributed by atoms with Crippen molar-refractivity contribution < 1.29 is 9.00 Å². The lowest BCUT2D eigenvalue weighted by atomic mass is 10.1. The van der Waals surface area contributed by atoms with E-state index in [1.165, 1.54) is 0 Å². The van der Waals surface area contributed by atoms with Crippen molar-refractivity contribution in [3.63, 3.8) is 0 Å². The molecule has 2 aromatic rings. The average molecular weight is 380 g/mol. The van der Waals surface area contributed by atoms with E-state index in [9.17, 15) is 9.00 Å². The van der Waals surface area contributed by atoms with Gasteiger partial charge in [-0.05, 0) is 36.8 Å². The first-order valence-electron chi connectivity index (χ1n) is 7.06. The molecule has 0 heterocycles. The lowest BCUT2D eigenvalue weighted by Crippen LogP contribution is -2.27. The molecule has 5 heteroatoms. The summed E-state index contributed by atoms with van der Waals surface area (Å²) in [5, 5.41) is 2.96. The zero-order valence-corrected chi connectivity index (χ0v) is 14.9. The fourth-order valence-corrected chi connectivity index (χ4v) is 3.51. The normalized spacial score (nSPS) is 13.4. The van der Waals surface area contributed by atoms with Gasteiger partial charge in [0.2, 0.25) is 0 Å². The second kappa shape index (κ2) is 7.70. The highest BCUT2D eigenvalue weighted by Gasteiger charge is 2.17. The van der Waals surface area contributed by atoms with Crippen LogP contribution in [0.1, 0.15) is 35.8 Å². The van der Waals surface area contributed by atoms with E-state index in [2.05, 4.69) is 21.2 Å². The molecule has 1 N–H and O–H groups in total. The Hall–Kier alpha value is -1.46. The number of carbonyl (C=O) groups excluding carboxylic acids is 1. The number of nitrogens with one attached hydrogen (secondary N) is 1. The Labute approximate surface area is 141 Å². The van der Waals surface area contributed by atoms with Crippen molar-refractivity contribution >= 4 is 32.6 Å². The van der Waals surface area contributed by atoms with E-state index < -0.39 is 10.8 Å². The number of amides is 1. The van der Waals surface area contributed by atoms with E-state index in [-0.39, 0.29) is 11.9 Å². The minimum Gasteiger partial charge on any atom is -0.345 e. The van der Waals surface area contributed by atoms with Gasteiger partial charge >= 0.3 is 0 Å². The highest BCUT2D eigenvalue weighted by Crippen LogP contribution is 2.19. The maximum atomic E-state index is 12.5. The summed E-state index contributed by atoms with van der Waals surface area (Å²) >= 11 is 3.43. The van der Waals surface area contributed by atoms with Crippen LogP contribution < -0.4 is 5.32 Å². The minimum atomic E-state index is -1.15. The Morgan fingerprint density at radius 2 is 1.95 bits per heavy atom. The summed E-state index contributed by atoms with van der Waals surface area (Å²) in [4.78, 5) is 13.1. The van der Waals surface area contributed by atoms with Gasteiger partial charge in [-0.2, -0.15) is 0 Å². The van der Waals surface area contributed by atoms with Crippen LogP contribution in [0.25, 0.3) is 0 Å². The van der Waals surface area contributed by atoms with E-state index in [0.717, 1.165) is 10.0 Å². The molecule has 1 amide bonds. The Morgan fingerprint density at radius 3 is 2.64 bits per heavy atom. The van der Waals surface area contributed by atoms with Crippen LogP contribution in [0.5, 0.6) is 0 Å². The zero-order valence-electron chi connectivity index (χ0n) is 12.5. The van der Waals surface area contributed by atoms with Gasteiger partial charge in [0.1, 0.15) is 0 Å². The molecular weight excluding hydrogens is 362 g/mol. The van der Waals surface area contributed by atoms with Crippen molar-refractivity contribution in [2.75, 3.05) is 5.75 Å². The van der Waals surface area contributed by atoms with Crippen molar-refractivity contribution in [1.82, 2.24) is 5.32 Å². The number of hydrogen-bond donors (Lipinski definition) is 1. The summed E-state index contributed by atoms with van der Waals surface area (Å²) in [6.45, 7) is 3.77. The monoisotopic (exact) mass is 379 g/mol. The van der Waals surface area contributed by atoms with Crippen LogP contribution in [0, 0.1) is 0 Å². The van der Waals surface area contributed by atoms with E-state index in [1.807, 2.05) is 38.1 Å². The van der Waals surface area contributed by atoms with Gasteiger partial charge in [0.15, 0.2) is 0 Å². The molecular formula is C17H18BrNO2S. The van der Waals surface area contributed by atoms with Crippen LogP contribution in [0.3, 0.4) is 0 Å². The molecule has 0 bridgehead atoms. The van der Waals surface area contributed by atoms with Gasteiger partial charge in [0, 0.05) is 10.2 Å². The molecule has 0 saturated heterocycles. The summed E-state index contributed by atoms with van der Waals surface area (Å²) in [7, 11) is -1.15. The second-order valence-corrected chi connectivity index (χ2v) is 7.50. The predicted molar refractivity (Wildman–Crippen MR) is 93.4 cm³/mol. The molecule has 2 rings (SSSR count). The second-order valence-electron chi connectivity index (χ2n) is 4.88. The van der Waals surface area contributed by atoms with Gasteiger partial charge in [0.25, 0.3) is 5.91 Å². The molecule has 22 heavy (non-hydrogen) atoms. The molecule has 2 aromatic carbocycles. The van der Waals surface area contributed by atoms with Crippen LogP contribution in [0.15, 0.2) is 57.9 Å². The van der Waals surface area contributed by atoms with Crippen LogP contribution in [0.2, 0.25) is 0 Å². The van der Waals surface area contributed by atoms with Crippen molar-refractivity contribution in [3.8, 4) is 0 Å². The number of benzene rings is 2. The molecule has 0 spiro atoms. The first-order valence-corrected chi connectivity index (χ1v) is 9.18. The maximum Gasteiger partial charge on any atom is 0.252 e. The van der Waals surface area contributed by atoms with Gasteiger partial charge in [-0.3, -0.25) is 9.00 Å². The van der Waals surface area contributed by atoms with E-state index in [1.54, 1.807) is 24.3 Å². The topological polar surface area (TPSA) is 46.2 Å². The van der Waals surface area contributed by atoms with E-state index >= 15 is 0 Å². The first-order chi connectivity index (χ1) is 10.5. The standard InChI is InChI=1S/C17H18BrNO2S/c1-3-22(21)16-10-5-4-9-15(16)17(20)19-12(2)13-7-6-8-14(18)11-13/h4-12H,3H2,1-2H3,(H,19,20)/t12-,22+/m0/s1. The lowest BCUT2D eigenvalue weighted by Gasteiger charge is -2.16. The predicted octanol–water partition coefficient (Wildman–Crippen LogP) is 4.07. The quantitative estimate of drug-likeness (QED) is 0.850. The van der Waals surface area contributed by atoms with Crippen molar-refractivity contribution in [2.24, 2.45) is 0 Å². The summed E-state index contributed by atoms with van der Waals surface area (Å²) in [5.74, 6) is 0.288. The van der Waals surface area contributed by atoms with Gasteiger partial charge < -0.3 is 5.32 Å². The summed E-state index contributed by atoms with van der Waals surface area (Å²) in [6, 6.07) is 14.7. The maximum absolute atomic E-state index is 12.5. The summed E-state index contributed by atoms with van der Waals surface area (Å²) in [6.07, 6.45) is 0. The molecule has 0 aliphatic heterocycles. The van der Waals surface area contributed by atoms with Crippen LogP contribution in [-0.4, -0.2) is 15.9 Å². The first kappa shape index (κ1) is 16.9. The van der Waals surface area contributed by atoms with Gasteiger partial charge in [-0.25, -0.2) is 0 Å². The Balaban J connectivity index is 2.21. The molecule has 0 saturated carbocycles. The van der Waals surface area contributed by atoms with E-state index in [4.69, 9.17) is 0 Å². The van der Waals surface area contributed by atoms with Gasteiger partial charge in [-0.1, -0.05) is 47.1 Å². The molecule has 0 unspecified atom stereocenters. The van der Waals surface area contributed by atoms with E-state index in [0.29, 0.717) is 16.2 Å². The Kier molecular flexibility index (Phi) is 5.91. The van der Waals surface area contributed by atoms with Crippen molar-refractivity contribution in [1.29, 1.82) is 0 Å². The third-order valence-corrected chi connectivity index (χ3v) is 5.20. The third-order valence-electron chi connectivity index (χ3n) is 3.34. The number of rotatable bonds is 5. The number of carbonyl (C=O) groups is 1. The van der Waals surface area contributed by atoms with Crippen LogP contribution in [-0.2, 0) is 10.8 Å². The molecule has 2 atom stereocenters. The Morgan fingerprint density at radius 1 is 1.23 bits per heavy atom.